The van der Waals surface area contributed by atoms with Crippen LogP contribution in [-0.4, -0.2) is 31.1 Å². The molecule has 0 aromatic rings. The highest BCUT2D eigenvalue weighted by Gasteiger charge is 2.25. The molecule has 100 valence electrons. The summed E-state index contributed by atoms with van der Waals surface area (Å²) in [5, 5.41) is 2.74. The Morgan fingerprint density at radius 2 is 2.24 bits per heavy atom. The maximum atomic E-state index is 11.6. The lowest BCUT2D eigenvalue weighted by atomic mass is 9.95. The molecule has 1 amide bonds. The van der Waals surface area contributed by atoms with Gasteiger partial charge in [0.15, 0.2) is 0 Å². The first kappa shape index (κ1) is 14.3. The predicted molar refractivity (Wildman–Crippen MR) is 65.5 cm³/mol. The first-order chi connectivity index (χ1) is 7.90. The lowest BCUT2D eigenvalue weighted by Crippen LogP contribution is -2.43. The number of alkyl carbamates (subject to hydrolysis) is 1. The van der Waals surface area contributed by atoms with Crippen molar-refractivity contribution in [1.82, 2.24) is 5.32 Å². The highest BCUT2D eigenvalue weighted by molar-refractivity contribution is 5.67. The van der Waals surface area contributed by atoms with E-state index in [9.17, 15) is 4.79 Å². The monoisotopic (exact) mass is 244 g/mol. The molecular weight excluding hydrogens is 220 g/mol. The van der Waals surface area contributed by atoms with E-state index in [2.05, 4.69) is 5.32 Å². The Labute approximate surface area is 103 Å². The molecule has 5 heteroatoms. The molecule has 1 heterocycles. The van der Waals surface area contributed by atoms with Gasteiger partial charge in [0.25, 0.3) is 0 Å². The van der Waals surface area contributed by atoms with Crippen LogP contribution in [0.1, 0.15) is 40.0 Å². The molecule has 2 atom stereocenters. The van der Waals surface area contributed by atoms with Crippen molar-refractivity contribution in [3.8, 4) is 0 Å². The minimum atomic E-state index is -0.477. The molecule has 1 rings (SSSR count). The van der Waals surface area contributed by atoms with Gasteiger partial charge in [0, 0.05) is 6.61 Å². The fraction of sp³-hybridized carbons (Fsp3) is 0.917. The zero-order valence-corrected chi connectivity index (χ0v) is 11.0. The third kappa shape index (κ3) is 5.89. The Bertz CT molecular complexity index is 249. The van der Waals surface area contributed by atoms with Crippen molar-refractivity contribution in [3.05, 3.63) is 0 Å². The van der Waals surface area contributed by atoms with Crippen LogP contribution in [0.2, 0.25) is 0 Å². The molecule has 2 unspecified atom stereocenters. The number of nitrogens with two attached hydrogens (primary N) is 1. The summed E-state index contributed by atoms with van der Waals surface area (Å²) in [6, 6.07) is 0. The molecule has 0 aromatic carbocycles. The highest BCUT2D eigenvalue weighted by atomic mass is 16.6. The Morgan fingerprint density at radius 1 is 1.53 bits per heavy atom. The van der Waals surface area contributed by atoms with E-state index in [1.807, 2.05) is 20.8 Å². The van der Waals surface area contributed by atoms with Crippen molar-refractivity contribution < 1.29 is 14.3 Å². The molecule has 17 heavy (non-hydrogen) atoms. The summed E-state index contributed by atoms with van der Waals surface area (Å²) in [6.45, 7) is 6.87. The quantitative estimate of drug-likeness (QED) is 0.791. The average Bonchev–Trinajstić information content (AvgIpc) is 2.15. The van der Waals surface area contributed by atoms with Gasteiger partial charge in [-0.1, -0.05) is 0 Å². The van der Waals surface area contributed by atoms with E-state index < -0.39 is 11.7 Å². The van der Waals surface area contributed by atoms with Crippen molar-refractivity contribution in [3.63, 3.8) is 0 Å². The zero-order valence-electron chi connectivity index (χ0n) is 11.0. The van der Waals surface area contributed by atoms with Gasteiger partial charge in [-0.3, -0.25) is 5.32 Å². The van der Waals surface area contributed by atoms with Crippen molar-refractivity contribution in [2.45, 2.75) is 51.9 Å². The highest BCUT2D eigenvalue weighted by Crippen LogP contribution is 2.21. The number of carbonyl (C=O) groups excluding carboxylic acids is 1. The minimum absolute atomic E-state index is 0.241. The van der Waals surface area contributed by atoms with Crippen LogP contribution in [0, 0.1) is 5.92 Å². The second-order valence-corrected chi connectivity index (χ2v) is 5.47. The average molecular weight is 244 g/mol. The topological polar surface area (TPSA) is 73.6 Å². The molecule has 5 nitrogen and oxygen atoms in total. The molecule has 1 aliphatic heterocycles. The number of ether oxygens (including phenoxy) is 2. The van der Waals surface area contributed by atoms with Crippen molar-refractivity contribution in [1.29, 1.82) is 0 Å². The molecule has 1 aliphatic rings. The number of amides is 1. The Balaban J connectivity index is 2.33. The molecule has 0 aliphatic carbocycles. The second kappa shape index (κ2) is 6.21. The van der Waals surface area contributed by atoms with E-state index in [4.69, 9.17) is 15.2 Å². The number of carbonyl (C=O) groups is 1. The number of rotatable bonds is 3. The van der Waals surface area contributed by atoms with E-state index in [0.29, 0.717) is 19.1 Å². The SMILES string of the molecule is CC(C)(C)OC(=O)NC1CC(CCN)CCO1. The molecule has 0 saturated carbocycles. The first-order valence-corrected chi connectivity index (χ1v) is 6.22. The summed E-state index contributed by atoms with van der Waals surface area (Å²) in [6.07, 6.45) is 2.15. The van der Waals surface area contributed by atoms with E-state index in [0.717, 1.165) is 19.3 Å². The van der Waals surface area contributed by atoms with Crippen molar-refractivity contribution in [2.75, 3.05) is 13.2 Å². The molecule has 0 bridgehead atoms. The van der Waals surface area contributed by atoms with Gasteiger partial charge in [-0.2, -0.15) is 0 Å². The molecular formula is C12H24N2O3. The normalized spacial score (nSPS) is 25.4. The van der Waals surface area contributed by atoms with Crippen LogP contribution in [0.5, 0.6) is 0 Å². The second-order valence-electron chi connectivity index (χ2n) is 5.47. The Hall–Kier alpha value is -0.810. The third-order valence-corrected chi connectivity index (χ3v) is 2.65. The molecule has 0 radical (unpaired) electrons. The summed E-state index contributed by atoms with van der Waals surface area (Å²) in [5.41, 5.74) is 5.06. The fourth-order valence-corrected chi connectivity index (χ4v) is 1.90. The van der Waals surface area contributed by atoms with Gasteiger partial charge in [0.2, 0.25) is 0 Å². The van der Waals surface area contributed by atoms with Gasteiger partial charge in [0.1, 0.15) is 11.8 Å². The number of hydrogen-bond donors (Lipinski definition) is 2. The third-order valence-electron chi connectivity index (χ3n) is 2.65. The smallest absolute Gasteiger partial charge is 0.409 e. The van der Waals surface area contributed by atoms with Crippen LogP contribution in [-0.2, 0) is 9.47 Å². The molecule has 1 saturated heterocycles. The van der Waals surface area contributed by atoms with Crippen molar-refractivity contribution >= 4 is 6.09 Å². The van der Waals surface area contributed by atoms with Crippen molar-refractivity contribution in [2.24, 2.45) is 11.7 Å². The summed E-state index contributed by atoms with van der Waals surface area (Å²) < 4.78 is 10.7. The summed E-state index contributed by atoms with van der Waals surface area (Å²) >= 11 is 0. The van der Waals surface area contributed by atoms with E-state index in [1.54, 1.807) is 0 Å². The maximum absolute atomic E-state index is 11.6. The van der Waals surface area contributed by atoms with Crippen LogP contribution in [0.4, 0.5) is 4.79 Å². The van der Waals surface area contributed by atoms with Gasteiger partial charge in [-0.05, 0) is 52.5 Å². The van der Waals surface area contributed by atoms with Crippen LogP contribution in [0.15, 0.2) is 0 Å². The summed E-state index contributed by atoms with van der Waals surface area (Å²) in [7, 11) is 0. The van der Waals surface area contributed by atoms with Gasteiger partial charge in [0.05, 0.1) is 0 Å². The Morgan fingerprint density at radius 3 is 2.82 bits per heavy atom. The van der Waals surface area contributed by atoms with E-state index in [-0.39, 0.29) is 6.23 Å². The lowest BCUT2D eigenvalue weighted by molar-refractivity contribution is -0.0354. The number of hydrogen-bond acceptors (Lipinski definition) is 4. The van der Waals surface area contributed by atoms with Gasteiger partial charge < -0.3 is 15.2 Å². The molecule has 3 N–H and O–H groups in total. The lowest BCUT2D eigenvalue weighted by Gasteiger charge is -2.30. The maximum Gasteiger partial charge on any atom is 0.409 e. The summed E-state index contributed by atoms with van der Waals surface area (Å²) in [5.74, 6) is 0.536. The standard InChI is InChI=1S/C12H24N2O3/c1-12(2,3)17-11(15)14-10-8-9(4-6-13)5-7-16-10/h9-10H,4-8,13H2,1-3H3,(H,14,15). The van der Waals surface area contributed by atoms with E-state index in [1.165, 1.54) is 0 Å². The van der Waals surface area contributed by atoms with Crippen LogP contribution in [0.25, 0.3) is 0 Å². The van der Waals surface area contributed by atoms with Crippen LogP contribution >= 0.6 is 0 Å². The van der Waals surface area contributed by atoms with Gasteiger partial charge in [-0.15, -0.1) is 0 Å². The predicted octanol–water partition coefficient (Wildman–Crippen LogP) is 1.61. The molecule has 1 fully saturated rings. The van der Waals surface area contributed by atoms with Crippen LogP contribution in [0.3, 0.4) is 0 Å². The van der Waals surface area contributed by atoms with Gasteiger partial charge in [-0.25, -0.2) is 4.79 Å². The molecule has 0 aromatic heterocycles. The van der Waals surface area contributed by atoms with Gasteiger partial charge >= 0.3 is 6.09 Å². The van der Waals surface area contributed by atoms with Crippen LogP contribution < -0.4 is 11.1 Å². The minimum Gasteiger partial charge on any atom is -0.444 e. The Kier molecular flexibility index (Phi) is 5.21. The first-order valence-electron chi connectivity index (χ1n) is 6.22. The largest absolute Gasteiger partial charge is 0.444 e. The summed E-state index contributed by atoms with van der Waals surface area (Å²) in [4.78, 5) is 11.6. The zero-order chi connectivity index (χ0) is 12.9. The number of nitrogens with one attached hydrogen (secondary N) is 1. The van der Waals surface area contributed by atoms with E-state index >= 15 is 0 Å². The molecule has 0 spiro atoms. The fourth-order valence-electron chi connectivity index (χ4n) is 1.90.